The van der Waals surface area contributed by atoms with Gasteiger partial charge < -0.3 is 15.1 Å². The molecule has 0 unspecified atom stereocenters. The van der Waals surface area contributed by atoms with Gasteiger partial charge in [0.15, 0.2) is 0 Å². The zero-order chi connectivity index (χ0) is 12.9. The SMILES string of the molecule is CNCC(C)(C)CN1CCN(CC(C)C)CC1. The predicted molar refractivity (Wildman–Crippen MR) is 75.4 cm³/mol. The highest BCUT2D eigenvalue weighted by Crippen LogP contribution is 2.17. The van der Waals surface area contributed by atoms with Crippen LogP contribution in [0.15, 0.2) is 0 Å². The van der Waals surface area contributed by atoms with Crippen LogP contribution in [0.5, 0.6) is 0 Å². The Balaban J connectivity index is 2.27. The van der Waals surface area contributed by atoms with Crippen molar-refractivity contribution in [1.29, 1.82) is 0 Å². The van der Waals surface area contributed by atoms with E-state index in [1.54, 1.807) is 0 Å². The van der Waals surface area contributed by atoms with Gasteiger partial charge in [0.2, 0.25) is 0 Å². The van der Waals surface area contributed by atoms with Crippen LogP contribution in [0.3, 0.4) is 0 Å². The summed E-state index contributed by atoms with van der Waals surface area (Å²) in [5, 5.41) is 3.30. The van der Waals surface area contributed by atoms with Gasteiger partial charge in [-0.25, -0.2) is 0 Å². The lowest BCUT2D eigenvalue weighted by atomic mass is 9.92. The molecule has 0 saturated carbocycles. The highest BCUT2D eigenvalue weighted by molar-refractivity contribution is 4.80. The minimum atomic E-state index is 0.384. The molecule has 0 radical (unpaired) electrons. The zero-order valence-electron chi connectivity index (χ0n) is 12.4. The Morgan fingerprint density at radius 1 is 1.06 bits per heavy atom. The molecule has 0 bridgehead atoms. The van der Waals surface area contributed by atoms with Gasteiger partial charge in [-0.1, -0.05) is 27.7 Å². The maximum Gasteiger partial charge on any atom is 0.0110 e. The predicted octanol–water partition coefficient (Wildman–Crippen LogP) is 1.51. The summed E-state index contributed by atoms with van der Waals surface area (Å²) in [6.07, 6.45) is 0. The van der Waals surface area contributed by atoms with Crippen molar-refractivity contribution in [3.63, 3.8) is 0 Å². The fourth-order valence-corrected chi connectivity index (χ4v) is 2.79. The largest absolute Gasteiger partial charge is 0.319 e. The van der Waals surface area contributed by atoms with Gasteiger partial charge in [0, 0.05) is 45.8 Å². The van der Waals surface area contributed by atoms with Crippen LogP contribution in [-0.4, -0.2) is 62.7 Å². The quantitative estimate of drug-likeness (QED) is 0.760. The van der Waals surface area contributed by atoms with E-state index in [1.807, 2.05) is 7.05 Å². The van der Waals surface area contributed by atoms with Crippen molar-refractivity contribution in [1.82, 2.24) is 15.1 Å². The molecule has 3 heteroatoms. The van der Waals surface area contributed by atoms with Crippen molar-refractivity contribution < 1.29 is 0 Å². The van der Waals surface area contributed by atoms with Gasteiger partial charge in [-0.3, -0.25) is 0 Å². The van der Waals surface area contributed by atoms with Gasteiger partial charge in [-0.15, -0.1) is 0 Å². The third kappa shape index (κ3) is 5.84. The summed E-state index contributed by atoms with van der Waals surface area (Å²) in [6, 6.07) is 0. The molecule has 1 saturated heterocycles. The minimum Gasteiger partial charge on any atom is -0.319 e. The first-order valence-electron chi connectivity index (χ1n) is 7.02. The van der Waals surface area contributed by atoms with Crippen LogP contribution in [0.2, 0.25) is 0 Å². The molecule has 3 nitrogen and oxygen atoms in total. The van der Waals surface area contributed by atoms with Crippen molar-refractivity contribution in [3.05, 3.63) is 0 Å². The number of hydrogen-bond acceptors (Lipinski definition) is 3. The summed E-state index contributed by atoms with van der Waals surface area (Å²) in [5.41, 5.74) is 0.384. The highest BCUT2D eigenvalue weighted by atomic mass is 15.3. The zero-order valence-corrected chi connectivity index (χ0v) is 12.4. The van der Waals surface area contributed by atoms with E-state index in [9.17, 15) is 0 Å². The molecule has 1 aliphatic heterocycles. The molecule has 1 fully saturated rings. The molecule has 0 spiro atoms. The maximum atomic E-state index is 3.30. The number of rotatable bonds is 6. The van der Waals surface area contributed by atoms with E-state index < -0.39 is 0 Å². The number of hydrogen-bond donors (Lipinski definition) is 1. The Hall–Kier alpha value is -0.120. The lowest BCUT2D eigenvalue weighted by Crippen LogP contribution is -2.50. The van der Waals surface area contributed by atoms with Gasteiger partial charge in [0.1, 0.15) is 0 Å². The molecule has 0 aromatic heterocycles. The van der Waals surface area contributed by atoms with Crippen LogP contribution in [0.1, 0.15) is 27.7 Å². The molecule has 102 valence electrons. The van der Waals surface area contributed by atoms with Gasteiger partial charge in [0.25, 0.3) is 0 Å². The van der Waals surface area contributed by atoms with Crippen LogP contribution >= 0.6 is 0 Å². The van der Waals surface area contributed by atoms with Crippen LogP contribution in [-0.2, 0) is 0 Å². The summed E-state index contributed by atoms with van der Waals surface area (Å²) in [6.45, 7) is 17.8. The third-order valence-corrected chi connectivity index (χ3v) is 3.40. The number of nitrogens with one attached hydrogen (secondary N) is 1. The van der Waals surface area contributed by atoms with Crippen molar-refractivity contribution >= 4 is 0 Å². The fraction of sp³-hybridized carbons (Fsp3) is 1.00. The fourth-order valence-electron chi connectivity index (χ4n) is 2.79. The highest BCUT2D eigenvalue weighted by Gasteiger charge is 2.24. The van der Waals surface area contributed by atoms with Gasteiger partial charge in [-0.05, 0) is 18.4 Å². The van der Waals surface area contributed by atoms with Gasteiger partial charge >= 0.3 is 0 Å². The lowest BCUT2D eigenvalue weighted by Gasteiger charge is -2.39. The van der Waals surface area contributed by atoms with Crippen LogP contribution in [0.4, 0.5) is 0 Å². The van der Waals surface area contributed by atoms with Gasteiger partial charge in [-0.2, -0.15) is 0 Å². The molecule has 0 aromatic rings. The second-order valence-corrected chi connectivity index (χ2v) is 6.67. The second kappa shape index (κ2) is 6.72. The van der Waals surface area contributed by atoms with Crippen LogP contribution in [0.25, 0.3) is 0 Å². The van der Waals surface area contributed by atoms with Crippen molar-refractivity contribution in [2.75, 3.05) is 52.9 Å². The summed E-state index contributed by atoms with van der Waals surface area (Å²) in [7, 11) is 2.04. The van der Waals surface area contributed by atoms with E-state index in [4.69, 9.17) is 0 Å². The minimum absolute atomic E-state index is 0.384. The Bertz CT molecular complexity index is 206. The maximum absolute atomic E-state index is 3.30. The van der Waals surface area contributed by atoms with E-state index in [0.717, 1.165) is 12.5 Å². The number of nitrogens with zero attached hydrogens (tertiary/aromatic N) is 2. The number of piperazine rings is 1. The molecule has 0 aliphatic carbocycles. The molecule has 0 atom stereocenters. The Morgan fingerprint density at radius 3 is 2.06 bits per heavy atom. The summed E-state index contributed by atoms with van der Waals surface area (Å²) in [5.74, 6) is 0.794. The molecule has 1 heterocycles. The Morgan fingerprint density at radius 2 is 1.59 bits per heavy atom. The van der Waals surface area contributed by atoms with Gasteiger partial charge in [0.05, 0.1) is 0 Å². The summed E-state index contributed by atoms with van der Waals surface area (Å²) < 4.78 is 0. The summed E-state index contributed by atoms with van der Waals surface area (Å²) >= 11 is 0. The molecule has 1 aliphatic rings. The summed E-state index contributed by atoms with van der Waals surface area (Å²) in [4.78, 5) is 5.22. The Labute approximate surface area is 108 Å². The standard InChI is InChI=1S/C14H31N3/c1-13(2)10-16-6-8-17(9-7-16)12-14(3,4)11-15-5/h13,15H,6-12H2,1-5H3. The molecule has 1 rings (SSSR count). The second-order valence-electron chi connectivity index (χ2n) is 6.67. The third-order valence-electron chi connectivity index (χ3n) is 3.40. The van der Waals surface area contributed by atoms with E-state index in [2.05, 4.69) is 42.8 Å². The first kappa shape index (κ1) is 14.9. The first-order valence-corrected chi connectivity index (χ1v) is 7.02. The van der Waals surface area contributed by atoms with Crippen molar-refractivity contribution in [2.24, 2.45) is 11.3 Å². The van der Waals surface area contributed by atoms with Crippen molar-refractivity contribution in [2.45, 2.75) is 27.7 Å². The van der Waals surface area contributed by atoms with Crippen LogP contribution in [0, 0.1) is 11.3 Å². The Kier molecular flexibility index (Phi) is 5.90. The molecule has 1 N–H and O–H groups in total. The normalized spacial score (nSPS) is 20.1. The molecule has 0 aromatic carbocycles. The molecular formula is C14H31N3. The molecule has 0 amide bonds. The topological polar surface area (TPSA) is 18.5 Å². The van der Waals surface area contributed by atoms with E-state index in [1.165, 1.54) is 39.3 Å². The average molecular weight is 241 g/mol. The van der Waals surface area contributed by atoms with Crippen molar-refractivity contribution in [3.8, 4) is 0 Å². The van der Waals surface area contributed by atoms with E-state index in [0.29, 0.717) is 5.41 Å². The lowest BCUT2D eigenvalue weighted by molar-refractivity contribution is 0.0906. The molecular weight excluding hydrogens is 210 g/mol. The van der Waals surface area contributed by atoms with Crippen LogP contribution < -0.4 is 5.32 Å². The molecule has 17 heavy (non-hydrogen) atoms. The monoisotopic (exact) mass is 241 g/mol. The first-order chi connectivity index (χ1) is 7.93. The van der Waals surface area contributed by atoms with E-state index >= 15 is 0 Å². The average Bonchev–Trinajstić information content (AvgIpc) is 2.19. The smallest absolute Gasteiger partial charge is 0.0110 e. The van der Waals surface area contributed by atoms with E-state index in [-0.39, 0.29) is 0 Å².